The molecule has 0 radical (unpaired) electrons. The van der Waals surface area contributed by atoms with Gasteiger partial charge in [0.15, 0.2) is 0 Å². The van der Waals surface area contributed by atoms with Crippen LogP contribution in [-0.2, 0) is 0 Å². The molecule has 0 unspecified atom stereocenters. The first kappa shape index (κ1) is 15.0. The molecule has 5 heteroatoms. The van der Waals surface area contributed by atoms with E-state index < -0.39 is 0 Å². The second-order valence-corrected chi connectivity index (χ2v) is 6.31. The number of rotatable bonds is 2. The molecule has 0 spiro atoms. The molecule has 106 valence electrons. The van der Waals surface area contributed by atoms with E-state index in [1.165, 1.54) is 0 Å². The third-order valence-electron chi connectivity index (χ3n) is 3.20. The number of hydrogen-bond donors (Lipinski definition) is 2. The van der Waals surface area contributed by atoms with Crippen molar-refractivity contribution in [2.45, 2.75) is 33.6 Å². The molecule has 1 heterocycles. The fourth-order valence-corrected chi connectivity index (χ4v) is 2.97. The van der Waals surface area contributed by atoms with E-state index in [4.69, 9.17) is 0 Å². The topological polar surface area (TPSA) is 66.0 Å². The van der Waals surface area contributed by atoms with Crippen molar-refractivity contribution in [2.24, 2.45) is 0 Å². The molecular formula is C15H17IN2O2. The van der Waals surface area contributed by atoms with Crippen LogP contribution in [0.1, 0.15) is 36.6 Å². The van der Waals surface area contributed by atoms with Gasteiger partial charge in [-0.3, -0.25) is 4.79 Å². The highest BCUT2D eigenvalue weighted by molar-refractivity contribution is 14.1. The van der Waals surface area contributed by atoms with Gasteiger partial charge in [-0.2, -0.15) is 0 Å². The Bertz CT molecular complexity index is 697. The lowest BCUT2D eigenvalue weighted by molar-refractivity contribution is 0.467. The molecule has 0 aliphatic heterocycles. The van der Waals surface area contributed by atoms with Gasteiger partial charge in [0, 0.05) is 5.56 Å². The number of halogens is 1. The summed E-state index contributed by atoms with van der Waals surface area (Å²) < 4.78 is 0.633. The van der Waals surface area contributed by atoms with Gasteiger partial charge in [0.1, 0.15) is 11.6 Å². The van der Waals surface area contributed by atoms with Gasteiger partial charge in [0.25, 0.3) is 5.56 Å². The Morgan fingerprint density at radius 1 is 1.25 bits per heavy atom. The Morgan fingerprint density at radius 3 is 2.30 bits per heavy atom. The van der Waals surface area contributed by atoms with Crippen molar-refractivity contribution >= 4 is 22.6 Å². The lowest BCUT2D eigenvalue weighted by Gasteiger charge is -2.11. The predicted molar refractivity (Wildman–Crippen MR) is 88.2 cm³/mol. The van der Waals surface area contributed by atoms with E-state index in [9.17, 15) is 9.90 Å². The molecule has 1 aromatic carbocycles. The van der Waals surface area contributed by atoms with Crippen molar-refractivity contribution in [3.8, 4) is 17.1 Å². The van der Waals surface area contributed by atoms with E-state index in [0.29, 0.717) is 9.39 Å². The van der Waals surface area contributed by atoms with Crippen LogP contribution < -0.4 is 5.56 Å². The Kier molecular flexibility index (Phi) is 4.17. The van der Waals surface area contributed by atoms with Crippen LogP contribution in [0.25, 0.3) is 11.4 Å². The molecule has 0 aliphatic carbocycles. The Hall–Kier alpha value is -1.37. The molecule has 2 N–H and O–H groups in total. The SMILES string of the molecule is Cc1cc(-c2nc(C(C)C)c(I)c(=O)[nH]2)cc(C)c1O. The second kappa shape index (κ2) is 5.55. The standard InChI is InChI=1S/C15H17IN2O2/c1-7(2)12-11(16)15(20)18-14(17-12)10-5-8(3)13(19)9(4)6-10/h5-7,19H,1-4H3,(H,17,18,20). The Morgan fingerprint density at radius 2 is 1.80 bits per heavy atom. The van der Waals surface area contributed by atoms with E-state index >= 15 is 0 Å². The predicted octanol–water partition coefficient (Wildman–Crippen LogP) is 3.49. The third-order valence-corrected chi connectivity index (χ3v) is 4.24. The lowest BCUT2D eigenvalue weighted by atomic mass is 10.0. The molecular weight excluding hydrogens is 367 g/mol. The van der Waals surface area contributed by atoms with Gasteiger partial charge in [-0.25, -0.2) is 4.98 Å². The summed E-state index contributed by atoms with van der Waals surface area (Å²) in [5, 5.41) is 9.83. The van der Waals surface area contributed by atoms with Crippen molar-refractivity contribution in [3.05, 3.63) is 42.9 Å². The molecule has 0 saturated carbocycles. The number of phenols is 1. The highest BCUT2D eigenvalue weighted by atomic mass is 127. The summed E-state index contributed by atoms with van der Waals surface area (Å²) in [4.78, 5) is 19.4. The minimum atomic E-state index is -0.123. The molecule has 0 atom stereocenters. The minimum absolute atomic E-state index is 0.123. The van der Waals surface area contributed by atoms with Crippen molar-refractivity contribution in [1.29, 1.82) is 0 Å². The van der Waals surface area contributed by atoms with Crippen LogP contribution in [0.15, 0.2) is 16.9 Å². The monoisotopic (exact) mass is 384 g/mol. The van der Waals surface area contributed by atoms with Gasteiger partial charge in [0.05, 0.1) is 9.26 Å². The van der Waals surface area contributed by atoms with Crippen molar-refractivity contribution in [3.63, 3.8) is 0 Å². The number of H-pyrrole nitrogens is 1. The Balaban J connectivity index is 2.68. The molecule has 4 nitrogen and oxygen atoms in total. The molecule has 2 rings (SSSR count). The highest BCUT2D eigenvalue weighted by Gasteiger charge is 2.14. The van der Waals surface area contributed by atoms with Gasteiger partial charge < -0.3 is 10.1 Å². The maximum atomic E-state index is 12.0. The molecule has 2 aromatic rings. The number of aromatic hydroxyl groups is 1. The molecule has 0 saturated heterocycles. The fourth-order valence-electron chi connectivity index (χ4n) is 2.09. The zero-order chi connectivity index (χ0) is 15.0. The summed E-state index contributed by atoms with van der Waals surface area (Å²) in [6.45, 7) is 7.70. The van der Waals surface area contributed by atoms with E-state index in [-0.39, 0.29) is 17.2 Å². The van der Waals surface area contributed by atoms with Crippen LogP contribution in [-0.4, -0.2) is 15.1 Å². The number of nitrogens with zero attached hydrogens (tertiary/aromatic N) is 1. The van der Waals surface area contributed by atoms with Gasteiger partial charge in [0.2, 0.25) is 0 Å². The lowest BCUT2D eigenvalue weighted by Crippen LogP contribution is -2.17. The summed E-state index contributed by atoms with van der Waals surface area (Å²) >= 11 is 2.03. The smallest absolute Gasteiger partial charge is 0.264 e. The molecule has 0 amide bonds. The summed E-state index contributed by atoms with van der Waals surface area (Å²) in [5.41, 5.74) is 3.03. The normalized spacial score (nSPS) is 11.1. The first-order valence-electron chi connectivity index (χ1n) is 6.41. The van der Waals surface area contributed by atoms with Gasteiger partial charge >= 0.3 is 0 Å². The van der Waals surface area contributed by atoms with Crippen LogP contribution in [0.5, 0.6) is 5.75 Å². The average molecular weight is 384 g/mol. The van der Waals surface area contributed by atoms with Crippen molar-refractivity contribution < 1.29 is 5.11 Å². The van der Waals surface area contributed by atoms with E-state index in [1.807, 2.05) is 62.4 Å². The largest absolute Gasteiger partial charge is 0.507 e. The van der Waals surface area contributed by atoms with Crippen LogP contribution in [0, 0.1) is 17.4 Å². The molecule has 0 aliphatic rings. The number of phenolic OH excluding ortho intramolecular Hbond substituents is 1. The number of hydrogen-bond acceptors (Lipinski definition) is 3. The quantitative estimate of drug-likeness (QED) is 0.780. The third kappa shape index (κ3) is 2.72. The van der Waals surface area contributed by atoms with Crippen molar-refractivity contribution in [1.82, 2.24) is 9.97 Å². The first-order valence-corrected chi connectivity index (χ1v) is 7.49. The van der Waals surface area contributed by atoms with Crippen LogP contribution >= 0.6 is 22.6 Å². The molecule has 0 bridgehead atoms. The van der Waals surface area contributed by atoms with E-state index in [2.05, 4.69) is 9.97 Å². The van der Waals surface area contributed by atoms with E-state index in [0.717, 1.165) is 22.4 Å². The maximum absolute atomic E-state index is 12.0. The van der Waals surface area contributed by atoms with Gasteiger partial charge in [-0.05, 0) is 65.6 Å². The average Bonchev–Trinajstić information content (AvgIpc) is 2.38. The molecule has 0 fully saturated rings. The van der Waals surface area contributed by atoms with Gasteiger partial charge in [-0.1, -0.05) is 13.8 Å². The van der Waals surface area contributed by atoms with Crippen LogP contribution in [0.4, 0.5) is 0 Å². The van der Waals surface area contributed by atoms with Crippen LogP contribution in [0.3, 0.4) is 0 Å². The minimum Gasteiger partial charge on any atom is -0.507 e. The summed E-state index contributed by atoms with van der Waals surface area (Å²) in [6.07, 6.45) is 0. The maximum Gasteiger partial charge on any atom is 0.264 e. The van der Waals surface area contributed by atoms with Crippen LogP contribution in [0.2, 0.25) is 0 Å². The number of aryl methyl sites for hydroxylation is 2. The number of nitrogens with one attached hydrogen (secondary N) is 1. The molecule has 20 heavy (non-hydrogen) atoms. The Labute approximate surface area is 131 Å². The summed E-state index contributed by atoms with van der Waals surface area (Å²) in [5.74, 6) is 1.01. The second-order valence-electron chi connectivity index (χ2n) is 5.23. The zero-order valence-electron chi connectivity index (χ0n) is 11.9. The summed E-state index contributed by atoms with van der Waals surface area (Å²) in [6, 6.07) is 3.66. The number of aromatic amines is 1. The molecule has 1 aromatic heterocycles. The van der Waals surface area contributed by atoms with Crippen molar-refractivity contribution in [2.75, 3.05) is 0 Å². The van der Waals surface area contributed by atoms with E-state index in [1.54, 1.807) is 0 Å². The number of aromatic nitrogens is 2. The fraction of sp³-hybridized carbons (Fsp3) is 0.333. The summed E-state index contributed by atoms with van der Waals surface area (Å²) in [7, 11) is 0. The first-order chi connectivity index (χ1) is 9.31. The highest BCUT2D eigenvalue weighted by Crippen LogP contribution is 2.28. The zero-order valence-corrected chi connectivity index (χ0v) is 14.1. The van der Waals surface area contributed by atoms with Gasteiger partial charge in [-0.15, -0.1) is 0 Å². The number of benzene rings is 1.